The van der Waals surface area contributed by atoms with Gasteiger partial charge in [-0.15, -0.1) is 5.10 Å². The Morgan fingerprint density at radius 3 is 2.50 bits per heavy atom. The molecule has 214 valence electrons. The predicted octanol–water partition coefficient (Wildman–Crippen LogP) is 5.79. The maximum atomic E-state index is 13.7. The van der Waals surface area contributed by atoms with E-state index in [4.69, 9.17) is 23.2 Å². The van der Waals surface area contributed by atoms with E-state index in [0.29, 0.717) is 19.5 Å². The molecule has 1 aliphatic heterocycles. The predicted molar refractivity (Wildman–Crippen MR) is 161 cm³/mol. The highest BCUT2D eigenvalue weighted by atomic mass is 35.5. The number of aliphatic carboxylic acids is 1. The van der Waals surface area contributed by atoms with E-state index in [-0.39, 0.29) is 33.9 Å². The van der Waals surface area contributed by atoms with E-state index in [2.05, 4.69) is 15.4 Å². The molecule has 1 aliphatic rings. The molecule has 1 N–H and O–H groups in total. The summed E-state index contributed by atoms with van der Waals surface area (Å²) < 4.78 is 3.39. The minimum absolute atomic E-state index is 0.0692. The number of aryl methyl sites for hydroxylation is 3. The number of hydrogen-bond donors (Lipinski definition) is 1. The summed E-state index contributed by atoms with van der Waals surface area (Å²) in [6.07, 6.45) is 4.07. The summed E-state index contributed by atoms with van der Waals surface area (Å²) in [5, 5.41) is 23.1. The largest absolute Gasteiger partial charge is 0.481 e. The van der Waals surface area contributed by atoms with Crippen molar-refractivity contribution in [3.8, 4) is 11.1 Å². The van der Waals surface area contributed by atoms with Gasteiger partial charge in [-0.3, -0.25) is 14.3 Å². The van der Waals surface area contributed by atoms with Crippen molar-refractivity contribution in [2.24, 2.45) is 14.1 Å². The second kappa shape index (κ2) is 10.9. The van der Waals surface area contributed by atoms with Gasteiger partial charge in [0.05, 0.1) is 33.7 Å². The minimum atomic E-state index is -0.886. The molecule has 1 unspecified atom stereocenters. The van der Waals surface area contributed by atoms with Crippen LogP contribution in [0.15, 0.2) is 54.9 Å². The molecular formula is C31H28Cl2N6O3. The first kappa shape index (κ1) is 27.9. The zero-order chi connectivity index (χ0) is 29.7. The van der Waals surface area contributed by atoms with Gasteiger partial charge in [-0.2, -0.15) is 5.10 Å². The molecule has 2 aromatic heterocycles. The molecule has 3 aromatic carbocycles. The molecule has 0 fully saturated rings. The lowest BCUT2D eigenvalue weighted by molar-refractivity contribution is -0.137. The first-order valence-corrected chi connectivity index (χ1v) is 14.3. The van der Waals surface area contributed by atoms with Crippen molar-refractivity contribution >= 4 is 46.1 Å². The van der Waals surface area contributed by atoms with Gasteiger partial charge in [-0.1, -0.05) is 52.7 Å². The van der Waals surface area contributed by atoms with E-state index in [9.17, 15) is 14.7 Å². The molecule has 0 saturated carbocycles. The molecule has 1 atom stereocenters. The average Bonchev–Trinajstić information content (AvgIpc) is 3.57. The lowest BCUT2D eigenvalue weighted by Crippen LogP contribution is -2.37. The number of nitrogens with zero attached hydrogens (tertiary/aromatic N) is 6. The van der Waals surface area contributed by atoms with Crippen LogP contribution in [0.25, 0.3) is 22.2 Å². The first-order valence-electron chi connectivity index (χ1n) is 13.5. The maximum absolute atomic E-state index is 13.7. The van der Waals surface area contributed by atoms with Gasteiger partial charge in [0.2, 0.25) is 0 Å². The minimum Gasteiger partial charge on any atom is -0.481 e. The Balaban J connectivity index is 1.32. The Morgan fingerprint density at radius 2 is 1.81 bits per heavy atom. The number of aromatic nitrogens is 5. The number of hydrogen-bond acceptors (Lipinski definition) is 5. The molecule has 6 rings (SSSR count). The number of carbonyl (C=O) groups is 2. The zero-order valence-electron chi connectivity index (χ0n) is 23.3. The third-order valence-electron chi connectivity index (χ3n) is 8.09. The molecule has 1 amide bonds. The van der Waals surface area contributed by atoms with Crippen molar-refractivity contribution in [2.75, 3.05) is 6.54 Å². The quantitative estimate of drug-likeness (QED) is 0.264. The van der Waals surface area contributed by atoms with Crippen LogP contribution < -0.4 is 0 Å². The van der Waals surface area contributed by atoms with Gasteiger partial charge >= 0.3 is 5.97 Å². The Morgan fingerprint density at radius 1 is 1.05 bits per heavy atom. The van der Waals surface area contributed by atoms with Crippen molar-refractivity contribution in [1.29, 1.82) is 0 Å². The van der Waals surface area contributed by atoms with E-state index in [1.165, 1.54) is 0 Å². The molecule has 42 heavy (non-hydrogen) atoms. The molecule has 11 heteroatoms. The number of carboxylic acid groups (broad SMARTS) is 1. The topological polar surface area (TPSA) is 106 Å². The standard InChI is InChI=1S/C31H28Cl2N6O3/c1-17-21(7-8-27-30(17)35-36-38(27)3)24(13-28(40)41)23-6-4-5-18-16-39(10-9-22(18)23)31(42)29-25(32)11-19(12-26(29)33)20-14-34-37(2)15-20/h4-8,11-12,14-15,24H,9-10,13,16H2,1-3H3,(H,40,41). The molecule has 0 saturated heterocycles. The average molecular weight is 604 g/mol. The van der Waals surface area contributed by atoms with Crippen LogP contribution in [-0.4, -0.2) is 53.2 Å². The van der Waals surface area contributed by atoms with Gasteiger partial charge in [-0.05, 0) is 64.9 Å². The summed E-state index contributed by atoms with van der Waals surface area (Å²) in [7, 11) is 3.66. The summed E-state index contributed by atoms with van der Waals surface area (Å²) in [6.45, 7) is 2.77. The number of rotatable bonds is 6. The van der Waals surface area contributed by atoms with Gasteiger partial charge in [0.25, 0.3) is 5.91 Å². The highest BCUT2D eigenvalue weighted by molar-refractivity contribution is 6.40. The molecule has 0 spiro atoms. The van der Waals surface area contributed by atoms with E-state index in [0.717, 1.165) is 50.0 Å². The molecule has 0 aliphatic carbocycles. The van der Waals surface area contributed by atoms with E-state index in [1.54, 1.807) is 32.6 Å². The van der Waals surface area contributed by atoms with Crippen LogP contribution >= 0.6 is 23.2 Å². The lowest BCUT2D eigenvalue weighted by Gasteiger charge is -2.32. The number of halogens is 2. The normalized spacial score (nSPS) is 13.8. The van der Waals surface area contributed by atoms with Crippen molar-refractivity contribution in [2.45, 2.75) is 32.2 Å². The van der Waals surface area contributed by atoms with Crippen molar-refractivity contribution in [3.63, 3.8) is 0 Å². The number of amides is 1. The SMILES string of the molecule is Cc1c(C(CC(=O)O)c2cccc3c2CCN(C(=O)c2c(Cl)cc(-c4cnn(C)c4)cc2Cl)C3)ccc2c1nnn2C. The van der Waals surface area contributed by atoms with Gasteiger partial charge in [0.15, 0.2) is 0 Å². The Hall–Kier alpha value is -4.21. The maximum Gasteiger partial charge on any atom is 0.304 e. The van der Waals surface area contributed by atoms with Crippen LogP contribution in [0, 0.1) is 6.92 Å². The first-order chi connectivity index (χ1) is 20.1. The number of carboxylic acids is 1. The van der Waals surface area contributed by atoms with Crippen LogP contribution in [0.1, 0.15) is 50.5 Å². The van der Waals surface area contributed by atoms with Crippen LogP contribution in [0.3, 0.4) is 0 Å². The Bertz CT molecular complexity index is 1860. The third-order valence-corrected chi connectivity index (χ3v) is 8.69. The Labute approximate surface area is 252 Å². The molecule has 5 aromatic rings. The fraction of sp³-hybridized carbons (Fsp3) is 0.258. The summed E-state index contributed by atoms with van der Waals surface area (Å²) in [6, 6.07) is 13.3. The lowest BCUT2D eigenvalue weighted by atomic mass is 9.80. The summed E-state index contributed by atoms with van der Waals surface area (Å²) in [5.41, 5.74) is 8.35. The van der Waals surface area contributed by atoms with Crippen molar-refractivity contribution in [1.82, 2.24) is 29.7 Å². The van der Waals surface area contributed by atoms with Crippen LogP contribution in [0.5, 0.6) is 0 Å². The highest BCUT2D eigenvalue weighted by Gasteiger charge is 2.30. The molecule has 0 radical (unpaired) electrons. The van der Waals surface area contributed by atoms with Crippen molar-refractivity contribution in [3.05, 3.63) is 98.3 Å². The highest BCUT2D eigenvalue weighted by Crippen LogP contribution is 2.38. The monoisotopic (exact) mass is 602 g/mol. The van der Waals surface area contributed by atoms with Crippen LogP contribution in [0.4, 0.5) is 0 Å². The third kappa shape index (κ3) is 4.92. The van der Waals surface area contributed by atoms with Crippen molar-refractivity contribution < 1.29 is 14.7 Å². The van der Waals surface area contributed by atoms with E-state index >= 15 is 0 Å². The van der Waals surface area contributed by atoms with Gasteiger partial charge in [-0.25, -0.2) is 4.68 Å². The van der Waals surface area contributed by atoms with E-state index < -0.39 is 5.97 Å². The molecule has 3 heterocycles. The van der Waals surface area contributed by atoms with E-state index in [1.807, 2.05) is 57.5 Å². The van der Waals surface area contributed by atoms with Gasteiger partial charge in [0, 0.05) is 44.9 Å². The number of benzene rings is 3. The summed E-state index contributed by atoms with van der Waals surface area (Å²) >= 11 is 13.2. The number of fused-ring (bicyclic) bond motifs is 2. The molecule has 0 bridgehead atoms. The van der Waals surface area contributed by atoms with Gasteiger partial charge < -0.3 is 10.0 Å². The van der Waals surface area contributed by atoms with Gasteiger partial charge in [0.1, 0.15) is 5.52 Å². The fourth-order valence-electron chi connectivity index (χ4n) is 6.00. The second-order valence-corrected chi connectivity index (χ2v) is 11.5. The zero-order valence-corrected chi connectivity index (χ0v) is 24.8. The fourth-order valence-corrected chi connectivity index (χ4v) is 6.65. The van der Waals surface area contributed by atoms with Crippen LogP contribution in [0.2, 0.25) is 10.0 Å². The second-order valence-electron chi connectivity index (χ2n) is 10.7. The Kier molecular flexibility index (Phi) is 7.24. The smallest absolute Gasteiger partial charge is 0.304 e. The van der Waals surface area contributed by atoms with Crippen LogP contribution in [-0.2, 0) is 31.9 Å². The molecular weight excluding hydrogens is 575 g/mol. The summed E-state index contributed by atoms with van der Waals surface area (Å²) in [5.74, 6) is -1.51. The number of carbonyl (C=O) groups excluding carboxylic acids is 1. The summed E-state index contributed by atoms with van der Waals surface area (Å²) in [4.78, 5) is 27.5. The molecule has 9 nitrogen and oxygen atoms in total.